The van der Waals surface area contributed by atoms with Gasteiger partial charge in [-0.1, -0.05) is 18.2 Å². The summed E-state index contributed by atoms with van der Waals surface area (Å²) >= 11 is 1.37. The molecule has 2 amide bonds. The molecule has 0 fully saturated rings. The predicted octanol–water partition coefficient (Wildman–Crippen LogP) is 4.71. The molecule has 0 radical (unpaired) electrons. The minimum Gasteiger partial charge on any atom is -0.375 e. The fraction of sp³-hybridized carbons (Fsp3) is 0.143. The molecule has 1 aromatic heterocycles. The number of anilines is 3. The Morgan fingerprint density at radius 2 is 1.63 bits per heavy atom. The van der Waals surface area contributed by atoms with Gasteiger partial charge in [-0.05, 0) is 54.8 Å². The van der Waals surface area contributed by atoms with Crippen molar-refractivity contribution in [1.82, 2.24) is 0 Å². The molecule has 2 aromatic carbocycles. The van der Waals surface area contributed by atoms with E-state index >= 15 is 0 Å². The van der Waals surface area contributed by atoms with Crippen LogP contribution in [0.2, 0.25) is 0 Å². The van der Waals surface area contributed by atoms with Crippen LogP contribution in [0.5, 0.6) is 0 Å². The normalized spacial score (nSPS) is 10.3. The minimum absolute atomic E-state index is 0.183. The van der Waals surface area contributed by atoms with Crippen molar-refractivity contribution in [2.75, 3.05) is 29.1 Å². The molecule has 0 atom stereocenters. The Balaban J connectivity index is 1.71. The van der Waals surface area contributed by atoms with E-state index in [0.717, 1.165) is 17.9 Å². The largest absolute Gasteiger partial charge is 0.375 e. The Hall–Kier alpha value is -3.12. The zero-order valence-corrected chi connectivity index (χ0v) is 16.0. The van der Waals surface area contributed by atoms with Crippen LogP contribution in [0.15, 0.2) is 66.0 Å². The van der Waals surface area contributed by atoms with Gasteiger partial charge in [-0.3, -0.25) is 9.59 Å². The number of benzene rings is 2. The number of carbonyl (C=O) groups excluding carboxylic acids is 2. The molecule has 0 bridgehead atoms. The summed E-state index contributed by atoms with van der Waals surface area (Å²) < 4.78 is 0. The topological polar surface area (TPSA) is 61.4 Å². The van der Waals surface area contributed by atoms with E-state index in [1.165, 1.54) is 11.3 Å². The lowest BCUT2D eigenvalue weighted by atomic mass is 10.1. The molecule has 1 heterocycles. The van der Waals surface area contributed by atoms with Gasteiger partial charge in [-0.15, -0.1) is 11.3 Å². The van der Waals surface area contributed by atoms with E-state index in [0.29, 0.717) is 16.1 Å². The Morgan fingerprint density at radius 1 is 0.926 bits per heavy atom. The lowest BCUT2D eigenvalue weighted by molar-refractivity contribution is 0.101. The molecule has 2 N–H and O–H groups in total. The maximum atomic E-state index is 12.6. The van der Waals surface area contributed by atoms with E-state index in [1.54, 1.807) is 30.3 Å². The van der Waals surface area contributed by atoms with Crippen molar-refractivity contribution < 1.29 is 9.59 Å². The average molecular weight is 379 g/mol. The van der Waals surface area contributed by atoms with Crippen LogP contribution < -0.4 is 15.5 Å². The van der Waals surface area contributed by atoms with Gasteiger partial charge in [0.25, 0.3) is 11.8 Å². The first-order valence-corrected chi connectivity index (χ1v) is 9.52. The highest BCUT2D eigenvalue weighted by molar-refractivity contribution is 7.12. The van der Waals surface area contributed by atoms with Crippen molar-refractivity contribution in [3.63, 3.8) is 0 Å². The molecule has 6 heteroatoms. The zero-order valence-electron chi connectivity index (χ0n) is 15.2. The standard InChI is InChI=1S/C21H21N3O2S/c1-3-24(2)18-10-5-9-17(14-18)22-20(25)15-7-4-8-16(13-15)23-21(26)19-11-6-12-27-19/h4-14H,3H2,1-2H3,(H,22,25)(H,23,26). The number of carbonyl (C=O) groups is 2. The van der Waals surface area contributed by atoms with E-state index < -0.39 is 0 Å². The average Bonchev–Trinajstić information content (AvgIpc) is 3.23. The van der Waals surface area contributed by atoms with Crippen molar-refractivity contribution in [2.45, 2.75) is 6.92 Å². The molecule has 0 aliphatic heterocycles. The number of nitrogens with one attached hydrogen (secondary N) is 2. The summed E-state index contributed by atoms with van der Waals surface area (Å²) in [6.45, 7) is 2.95. The van der Waals surface area contributed by atoms with Crippen molar-refractivity contribution in [3.05, 3.63) is 76.5 Å². The molecule has 27 heavy (non-hydrogen) atoms. The SMILES string of the molecule is CCN(C)c1cccc(NC(=O)c2cccc(NC(=O)c3cccs3)c2)c1. The molecule has 0 unspecified atom stereocenters. The van der Waals surface area contributed by atoms with Gasteiger partial charge in [0.05, 0.1) is 4.88 Å². The number of amides is 2. The molecular weight excluding hydrogens is 358 g/mol. The summed E-state index contributed by atoms with van der Waals surface area (Å²) in [7, 11) is 2.00. The molecule has 0 saturated carbocycles. The summed E-state index contributed by atoms with van der Waals surface area (Å²) in [5.41, 5.74) is 2.83. The van der Waals surface area contributed by atoms with Crippen LogP contribution in [0.4, 0.5) is 17.1 Å². The first-order chi connectivity index (χ1) is 13.1. The maximum absolute atomic E-state index is 12.6. The first-order valence-electron chi connectivity index (χ1n) is 8.64. The summed E-state index contributed by atoms with van der Waals surface area (Å²) in [6, 6.07) is 18.2. The van der Waals surface area contributed by atoms with Crippen molar-refractivity contribution in [3.8, 4) is 0 Å². The van der Waals surface area contributed by atoms with Gasteiger partial charge in [0.15, 0.2) is 0 Å². The second-order valence-corrected chi connectivity index (χ2v) is 6.98. The summed E-state index contributed by atoms with van der Waals surface area (Å²) in [5.74, 6) is -0.406. The van der Waals surface area contributed by atoms with E-state index in [9.17, 15) is 9.59 Å². The molecule has 3 rings (SSSR count). The third kappa shape index (κ3) is 4.74. The Labute approximate surface area is 162 Å². The van der Waals surface area contributed by atoms with Crippen molar-refractivity contribution >= 4 is 40.2 Å². The van der Waals surface area contributed by atoms with Gasteiger partial charge in [0, 0.05) is 36.2 Å². The smallest absolute Gasteiger partial charge is 0.265 e. The highest BCUT2D eigenvalue weighted by Crippen LogP contribution is 2.20. The van der Waals surface area contributed by atoms with E-state index in [4.69, 9.17) is 0 Å². The molecular formula is C21H21N3O2S. The summed E-state index contributed by atoms with van der Waals surface area (Å²) in [6.07, 6.45) is 0. The fourth-order valence-electron chi connectivity index (χ4n) is 2.55. The molecule has 0 aliphatic rings. The molecule has 5 nitrogen and oxygen atoms in total. The zero-order chi connectivity index (χ0) is 19.2. The highest BCUT2D eigenvalue weighted by Gasteiger charge is 2.11. The Kier molecular flexibility index (Phi) is 5.88. The van der Waals surface area contributed by atoms with Crippen LogP contribution in [0, 0.1) is 0 Å². The lowest BCUT2D eigenvalue weighted by Gasteiger charge is -2.17. The van der Waals surface area contributed by atoms with Crippen LogP contribution >= 0.6 is 11.3 Å². The van der Waals surface area contributed by atoms with E-state index in [1.807, 2.05) is 42.8 Å². The van der Waals surface area contributed by atoms with Gasteiger partial charge < -0.3 is 15.5 Å². The van der Waals surface area contributed by atoms with Crippen LogP contribution in [0.1, 0.15) is 27.0 Å². The third-order valence-electron chi connectivity index (χ3n) is 4.15. The summed E-state index contributed by atoms with van der Waals surface area (Å²) in [5, 5.41) is 7.58. The molecule has 0 spiro atoms. The second kappa shape index (κ2) is 8.51. The molecule has 0 aliphatic carbocycles. The minimum atomic E-state index is -0.224. The van der Waals surface area contributed by atoms with Crippen LogP contribution in [-0.4, -0.2) is 25.4 Å². The van der Waals surface area contributed by atoms with E-state index in [-0.39, 0.29) is 11.8 Å². The van der Waals surface area contributed by atoms with Gasteiger partial charge >= 0.3 is 0 Å². The lowest BCUT2D eigenvalue weighted by Crippen LogP contribution is -2.17. The number of thiophene rings is 1. The monoisotopic (exact) mass is 379 g/mol. The van der Waals surface area contributed by atoms with E-state index in [2.05, 4.69) is 22.5 Å². The van der Waals surface area contributed by atoms with Gasteiger partial charge in [0.1, 0.15) is 0 Å². The molecule has 138 valence electrons. The molecule has 0 saturated heterocycles. The quantitative estimate of drug-likeness (QED) is 0.652. The number of hydrogen-bond acceptors (Lipinski definition) is 4. The van der Waals surface area contributed by atoms with Gasteiger partial charge in [0.2, 0.25) is 0 Å². The number of rotatable bonds is 6. The highest BCUT2D eigenvalue weighted by atomic mass is 32.1. The third-order valence-corrected chi connectivity index (χ3v) is 5.02. The van der Waals surface area contributed by atoms with Crippen LogP contribution in [0.3, 0.4) is 0 Å². The fourth-order valence-corrected chi connectivity index (χ4v) is 3.16. The predicted molar refractivity (Wildman–Crippen MR) is 112 cm³/mol. The first kappa shape index (κ1) is 18.7. The van der Waals surface area contributed by atoms with Crippen LogP contribution in [0.25, 0.3) is 0 Å². The Bertz CT molecular complexity index is 938. The van der Waals surface area contributed by atoms with Gasteiger partial charge in [-0.2, -0.15) is 0 Å². The van der Waals surface area contributed by atoms with Crippen molar-refractivity contribution in [2.24, 2.45) is 0 Å². The Morgan fingerprint density at radius 3 is 2.33 bits per heavy atom. The number of hydrogen-bond donors (Lipinski definition) is 2. The maximum Gasteiger partial charge on any atom is 0.265 e. The molecule has 3 aromatic rings. The van der Waals surface area contributed by atoms with Crippen LogP contribution in [-0.2, 0) is 0 Å². The second-order valence-electron chi connectivity index (χ2n) is 6.03. The van der Waals surface area contributed by atoms with Crippen molar-refractivity contribution in [1.29, 1.82) is 0 Å². The number of nitrogens with zero attached hydrogens (tertiary/aromatic N) is 1. The summed E-state index contributed by atoms with van der Waals surface area (Å²) in [4.78, 5) is 27.5. The van der Waals surface area contributed by atoms with Gasteiger partial charge in [-0.25, -0.2) is 0 Å².